The molecule has 0 aliphatic heterocycles. The van der Waals surface area contributed by atoms with E-state index in [1.165, 1.54) is 205 Å². The van der Waals surface area contributed by atoms with Crippen molar-refractivity contribution in [1.82, 2.24) is 0 Å². The summed E-state index contributed by atoms with van der Waals surface area (Å²) in [6.07, 6.45) is 64.4. The summed E-state index contributed by atoms with van der Waals surface area (Å²) >= 11 is 0. The lowest BCUT2D eigenvalue weighted by Crippen LogP contribution is -2.30. The maximum atomic E-state index is 12.8. The van der Waals surface area contributed by atoms with Gasteiger partial charge < -0.3 is 14.2 Å². The van der Waals surface area contributed by atoms with Gasteiger partial charge in [-0.05, 0) is 57.8 Å². The minimum absolute atomic E-state index is 0.0720. The highest BCUT2D eigenvalue weighted by Gasteiger charge is 2.17. The second-order valence-corrected chi connectivity index (χ2v) is 18.5. The van der Waals surface area contributed by atoms with E-state index in [2.05, 4.69) is 57.2 Å². The summed E-state index contributed by atoms with van der Waals surface area (Å²) in [4.78, 5) is 25.4. The van der Waals surface area contributed by atoms with Crippen LogP contribution >= 0.6 is 0 Å². The van der Waals surface area contributed by atoms with Crippen LogP contribution in [0.2, 0.25) is 0 Å². The summed E-state index contributed by atoms with van der Waals surface area (Å²) in [6.45, 7) is 7.82. The Morgan fingerprint density at radius 1 is 0.355 bits per heavy atom. The van der Waals surface area contributed by atoms with Crippen LogP contribution in [0.1, 0.15) is 290 Å². The van der Waals surface area contributed by atoms with E-state index in [0.29, 0.717) is 19.4 Å². The highest BCUT2D eigenvalue weighted by molar-refractivity contribution is 5.70. The van der Waals surface area contributed by atoms with Crippen molar-refractivity contribution in [3.8, 4) is 0 Å². The smallest absolute Gasteiger partial charge is 0.306 e. The van der Waals surface area contributed by atoms with Crippen molar-refractivity contribution < 1.29 is 23.8 Å². The zero-order valence-electron chi connectivity index (χ0n) is 41.9. The number of ether oxygens (including phenoxy) is 3. The van der Waals surface area contributed by atoms with Crippen LogP contribution in [0.3, 0.4) is 0 Å². The first-order chi connectivity index (χ1) is 30.6. The molecule has 0 saturated carbocycles. The molecule has 0 aromatic heterocycles. The van der Waals surface area contributed by atoms with E-state index < -0.39 is 6.10 Å². The van der Waals surface area contributed by atoms with Gasteiger partial charge in [0.05, 0.1) is 6.61 Å². The molecule has 364 valence electrons. The number of unbranched alkanes of at least 4 members (excludes halogenated alkanes) is 34. The Morgan fingerprint density at radius 2 is 0.677 bits per heavy atom. The minimum atomic E-state index is -0.545. The van der Waals surface area contributed by atoms with E-state index in [0.717, 1.165) is 51.4 Å². The van der Waals surface area contributed by atoms with Crippen LogP contribution in [-0.2, 0) is 23.8 Å². The number of carbonyl (C=O) groups excluding carboxylic acids is 2. The number of allylic oxidation sites excluding steroid dienone is 6. The molecule has 0 aromatic carbocycles. The Kier molecular flexibility index (Phi) is 51.8. The molecular weight excluding hydrogens is 765 g/mol. The molecule has 0 bridgehead atoms. The number of hydrogen-bond donors (Lipinski definition) is 0. The van der Waals surface area contributed by atoms with Gasteiger partial charge in [-0.15, -0.1) is 0 Å². The fourth-order valence-electron chi connectivity index (χ4n) is 8.05. The van der Waals surface area contributed by atoms with Gasteiger partial charge in [-0.1, -0.05) is 256 Å². The van der Waals surface area contributed by atoms with Gasteiger partial charge in [0.15, 0.2) is 6.10 Å². The Morgan fingerprint density at radius 3 is 1.11 bits per heavy atom. The molecule has 62 heavy (non-hydrogen) atoms. The number of carbonyl (C=O) groups is 2. The van der Waals surface area contributed by atoms with Crippen LogP contribution in [0.15, 0.2) is 36.5 Å². The lowest BCUT2D eigenvalue weighted by Gasteiger charge is -2.18. The Balaban J connectivity index is 4.28. The summed E-state index contributed by atoms with van der Waals surface area (Å²) in [5, 5.41) is 0. The standard InChI is InChI=1S/C57H106O5/c1-4-7-10-13-16-19-22-25-28-31-34-37-40-43-46-49-52-60-53-55(62-57(59)51-48-45-42-39-36-33-30-27-24-21-18-15-12-9-6-3)54-61-56(58)50-47-44-41-38-35-32-29-26-23-20-17-14-11-8-5-2/h17,20,26,29,35,38,55H,4-16,18-19,21-25,27-28,30-34,36-37,39-54H2,1-3H3/b20-17-,29-26-,38-35-/t55-/m1/s1. The summed E-state index contributed by atoms with van der Waals surface area (Å²) in [6, 6.07) is 0. The van der Waals surface area contributed by atoms with Gasteiger partial charge in [-0.3, -0.25) is 9.59 Å². The van der Waals surface area contributed by atoms with Crippen molar-refractivity contribution in [2.45, 2.75) is 297 Å². The molecule has 0 heterocycles. The van der Waals surface area contributed by atoms with Crippen molar-refractivity contribution in [2.24, 2.45) is 0 Å². The zero-order valence-corrected chi connectivity index (χ0v) is 41.9. The molecule has 0 radical (unpaired) electrons. The third-order valence-electron chi connectivity index (χ3n) is 12.2. The Bertz CT molecular complexity index is 986. The molecule has 0 fully saturated rings. The number of esters is 2. The van der Waals surface area contributed by atoms with Crippen LogP contribution < -0.4 is 0 Å². The first-order valence-electron chi connectivity index (χ1n) is 27.5. The zero-order chi connectivity index (χ0) is 44.9. The SMILES string of the molecule is CCCCC/C=C\C/C=C\C/C=C\CCCCC(=O)OC[C@@H](COCCCCCCCCCCCCCCCCCC)OC(=O)CCCCCCCCCCCCCCCCC. The topological polar surface area (TPSA) is 61.8 Å². The summed E-state index contributed by atoms with van der Waals surface area (Å²) in [5.74, 6) is -0.423. The third-order valence-corrected chi connectivity index (χ3v) is 12.2. The first kappa shape index (κ1) is 60.1. The molecule has 0 aromatic rings. The Labute approximate surface area is 387 Å². The van der Waals surface area contributed by atoms with Crippen molar-refractivity contribution in [3.63, 3.8) is 0 Å². The van der Waals surface area contributed by atoms with Crippen molar-refractivity contribution in [3.05, 3.63) is 36.5 Å². The molecule has 0 amide bonds. The summed E-state index contributed by atoms with van der Waals surface area (Å²) < 4.78 is 17.4. The number of hydrogen-bond acceptors (Lipinski definition) is 5. The van der Waals surface area contributed by atoms with Crippen LogP contribution in [0, 0.1) is 0 Å². The van der Waals surface area contributed by atoms with E-state index in [4.69, 9.17) is 14.2 Å². The Hall–Kier alpha value is -1.88. The average molecular weight is 871 g/mol. The van der Waals surface area contributed by atoms with E-state index >= 15 is 0 Å². The molecule has 0 aliphatic rings. The van der Waals surface area contributed by atoms with E-state index in [9.17, 15) is 9.59 Å². The van der Waals surface area contributed by atoms with Gasteiger partial charge in [0.25, 0.3) is 0 Å². The molecule has 5 heteroatoms. The highest BCUT2D eigenvalue weighted by atomic mass is 16.6. The fourth-order valence-corrected chi connectivity index (χ4v) is 8.05. The number of rotatable bonds is 51. The molecule has 0 saturated heterocycles. The second kappa shape index (κ2) is 53.5. The first-order valence-corrected chi connectivity index (χ1v) is 27.5. The van der Waals surface area contributed by atoms with Crippen molar-refractivity contribution in [1.29, 1.82) is 0 Å². The van der Waals surface area contributed by atoms with E-state index in [1.807, 2.05) is 0 Å². The van der Waals surface area contributed by atoms with Gasteiger partial charge in [-0.2, -0.15) is 0 Å². The summed E-state index contributed by atoms with van der Waals surface area (Å²) in [5.41, 5.74) is 0. The average Bonchev–Trinajstić information content (AvgIpc) is 3.27. The molecule has 0 unspecified atom stereocenters. The minimum Gasteiger partial charge on any atom is -0.462 e. The highest BCUT2D eigenvalue weighted by Crippen LogP contribution is 2.16. The predicted octanol–water partition coefficient (Wildman–Crippen LogP) is 18.6. The van der Waals surface area contributed by atoms with Gasteiger partial charge in [-0.25, -0.2) is 0 Å². The molecular formula is C57H106O5. The van der Waals surface area contributed by atoms with Crippen molar-refractivity contribution in [2.75, 3.05) is 19.8 Å². The normalized spacial score (nSPS) is 12.4. The molecule has 0 N–H and O–H groups in total. The van der Waals surface area contributed by atoms with Gasteiger partial charge in [0.1, 0.15) is 6.61 Å². The van der Waals surface area contributed by atoms with Gasteiger partial charge in [0, 0.05) is 19.4 Å². The maximum Gasteiger partial charge on any atom is 0.306 e. The lowest BCUT2D eigenvalue weighted by atomic mass is 10.0. The molecule has 0 spiro atoms. The fraction of sp³-hybridized carbons (Fsp3) is 0.860. The lowest BCUT2D eigenvalue weighted by molar-refractivity contribution is -0.163. The molecule has 0 aliphatic carbocycles. The van der Waals surface area contributed by atoms with E-state index in [-0.39, 0.29) is 25.2 Å². The maximum absolute atomic E-state index is 12.8. The monoisotopic (exact) mass is 871 g/mol. The molecule has 1 atom stereocenters. The van der Waals surface area contributed by atoms with Crippen LogP contribution in [0.5, 0.6) is 0 Å². The van der Waals surface area contributed by atoms with Crippen LogP contribution in [0.4, 0.5) is 0 Å². The van der Waals surface area contributed by atoms with Crippen LogP contribution in [0.25, 0.3) is 0 Å². The molecule has 5 nitrogen and oxygen atoms in total. The van der Waals surface area contributed by atoms with Gasteiger partial charge in [0.2, 0.25) is 0 Å². The second-order valence-electron chi connectivity index (χ2n) is 18.5. The molecule has 0 rings (SSSR count). The van der Waals surface area contributed by atoms with Crippen LogP contribution in [-0.4, -0.2) is 37.9 Å². The van der Waals surface area contributed by atoms with Crippen molar-refractivity contribution >= 4 is 11.9 Å². The quantitative estimate of drug-likeness (QED) is 0.0346. The predicted molar refractivity (Wildman–Crippen MR) is 270 cm³/mol. The summed E-state index contributed by atoms with van der Waals surface area (Å²) in [7, 11) is 0. The third kappa shape index (κ3) is 50.8. The van der Waals surface area contributed by atoms with Gasteiger partial charge >= 0.3 is 11.9 Å². The van der Waals surface area contributed by atoms with E-state index in [1.54, 1.807) is 0 Å². The largest absolute Gasteiger partial charge is 0.462 e.